The van der Waals surface area contributed by atoms with Crippen LogP contribution in [-0.2, 0) is 4.79 Å². The van der Waals surface area contributed by atoms with Gasteiger partial charge in [-0.15, -0.1) is 0 Å². The van der Waals surface area contributed by atoms with Gasteiger partial charge < -0.3 is 4.90 Å². The Morgan fingerprint density at radius 2 is 2.04 bits per heavy atom. The number of alkyl halides is 2. The van der Waals surface area contributed by atoms with Gasteiger partial charge in [0.05, 0.1) is 17.7 Å². The molecule has 2 saturated heterocycles. The van der Waals surface area contributed by atoms with E-state index in [0.717, 1.165) is 13.0 Å². The van der Waals surface area contributed by atoms with Gasteiger partial charge in [-0.3, -0.25) is 4.79 Å². The standard InChI is InChI=1S/C17H17F3N2O/c1-16(17(2,19)20)8-13-3-4-14(22(13)15(16)23)11-5-10(9-21)6-12(18)7-11/h5-7,13-14H,3-4,8H2,1-2H3/t13-,14?,16?/m0/s1. The molecule has 0 aromatic heterocycles. The Balaban J connectivity index is 1.98. The molecular weight excluding hydrogens is 305 g/mol. The molecule has 2 aliphatic rings. The molecule has 2 fully saturated rings. The van der Waals surface area contributed by atoms with Crippen LogP contribution in [0.5, 0.6) is 0 Å². The van der Waals surface area contributed by atoms with Crippen molar-refractivity contribution in [2.45, 2.75) is 51.1 Å². The van der Waals surface area contributed by atoms with Crippen LogP contribution in [0, 0.1) is 22.6 Å². The van der Waals surface area contributed by atoms with Crippen LogP contribution in [-0.4, -0.2) is 22.8 Å². The van der Waals surface area contributed by atoms with Crippen LogP contribution in [0.2, 0.25) is 0 Å². The Morgan fingerprint density at radius 1 is 1.35 bits per heavy atom. The highest BCUT2D eigenvalue weighted by atomic mass is 19.3. The number of hydrogen-bond acceptors (Lipinski definition) is 2. The zero-order valence-corrected chi connectivity index (χ0v) is 12.9. The first kappa shape index (κ1) is 15.9. The lowest BCUT2D eigenvalue weighted by molar-refractivity contribution is -0.156. The van der Waals surface area contributed by atoms with Gasteiger partial charge in [-0.2, -0.15) is 5.26 Å². The summed E-state index contributed by atoms with van der Waals surface area (Å²) >= 11 is 0. The molecule has 0 saturated carbocycles. The van der Waals surface area contributed by atoms with Crippen LogP contribution < -0.4 is 0 Å². The van der Waals surface area contributed by atoms with Gasteiger partial charge in [0.2, 0.25) is 5.91 Å². The highest BCUT2D eigenvalue weighted by molar-refractivity contribution is 5.87. The van der Waals surface area contributed by atoms with Gasteiger partial charge >= 0.3 is 0 Å². The van der Waals surface area contributed by atoms with E-state index in [0.29, 0.717) is 18.4 Å². The largest absolute Gasteiger partial charge is 0.332 e. The smallest absolute Gasteiger partial charge is 0.259 e. The summed E-state index contributed by atoms with van der Waals surface area (Å²) in [5.74, 6) is -4.25. The molecule has 1 amide bonds. The van der Waals surface area contributed by atoms with Gasteiger partial charge in [-0.25, -0.2) is 13.2 Å². The van der Waals surface area contributed by atoms with Crippen LogP contribution in [0.3, 0.4) is 0 Å². The van der Waals surface area contributed by atoms with E-state index < -0.39 is 29.1 Å². The van der Waals surface area contributed by atoms with E-state index in [1.165, 1.54) is 24.0 Å². The second-order valence-corrected chi connectivity index (χ2v) is 6.77. The molecule has 0 aliphatic carbocycles. The average Bonchev–Trinajstić information content (AvgIpc) is 2.97. The fraction of sp³-hybridized carbons (Fsp3) is 0.529. The molecule has 0 radical (unpaired) electrons. The van der Waals surface area contributed by atoms with Crippen molar-refractivity contribution in [1.29, 1.82) is 5.26 Å². The maximum Gasteiger partial charge on any atom is 0.259 e. The van der Waals surface area contributed by atoms with Crippen molar-refractivity contribution in [1.82, 2.24) is 4.90 Å². The molecule has 2 aliphatic heterocycles. The molecule has 0 N–H and O–H groups in total. The van der Waals surface area contributed by atoms with E-state index in [4.69, 9.17) is 5.26 Å². The van der Waals surface area contributed by atoms with E-state index in [1.807, 2.05) is 6.07 Å². The first-order valence-electron chi connectivity index (χ1n) is 7.58. The summed E-state index contributed by atoms with van der Waals surface area (Å²) in [5, 5.41) is 8.96. The van der Waals surface area contributed by atoms with Crippen LogP contribution in [0.25, 0.3) is 0 Å². The molecule has 3 atom stereocenters. The third-order valence-electron chi connectivity index (χ3n) is 5.26. The van der Waals surface area contributed by atoms with Gasteiger partial charge in [-0.05, 0) is 49.9 Å². The molecule has 0 spiro atoms. The number of nitriles is 1. The Labute approximate surface area is 132 Å². The number of benzene rings is 1. The number of carbonyl (C=O) groups excluding carboxylic acids is 1. The predicted molar refractivity (Wildman–Crippen MR) is 77.1 cm³/mol. The molecular formula is C17H17F3N2O. The highest BCUT2D eigenvalue weighted by Crippen LogP contribution is 2.54. The summed E-state index contributed by atoms with van der Waals surface area (Å²) in [4.78, 5) is 14.1. The maximum atomic E-state index is 13.9. The molecule has 122 valence electrons. The van der Waals surface area contributed by atoms with E-state index >= 15 is 0 Å². The van der Waals surface area contributed by atoms with Crippen molar-refractivity contribution >= 4 is 5.91 Å². The Morgan fingerprint density at radius 3 is 2.65 bits per heavy atom. The van der Waals surface area contributed by atoms with Crippen LogP contribution in [0.1, 0.15) is 50.3 Å². The molecule has 2 unspecified atom stereocenters. The average molecular weight is 322 g/mol. The monoisotopic (exact) mass is 322 g/mol. The number of amides is 1. The summed E-state index contributed by atoms with van der Waals surface area (Å²) < 4.78 is 41.5. The lowest BCUT2D eigenvalue weighted by atomic mass is 9.80. The van der Waals surface area contributed by atoms with Gasteiger partial charge in [0, 0.05) is 13.0 Å². The Kier molecular flexibility index (Phi) is 3.44. The summed E-state index contributed by atoms with van der Waals surface area (Å²) in [6.07, 6.45) is 1.31. The molecule has 2 heterocycles. The second-order valence-electron chi connectivity index (χ2n) is 6.77. The number of fused-ring (bicyclic) bond motifs is 1. The molecule has 3 nitrogen and oxygen atoms in total. The van der Waals surface area contributed by atoms with Crippen molar-refractivity contribution in [3.63, 3.8) is 0 Å². The molecule has 3 rings (SSSR count). The Bertz CT molecular complexity index is 707. The molecule has 1 aromatic carbocycles. The quantitative estimate of drug-likeness (QED) is 0.831. The number of nitrogens with zero attached hydrogens (tertiary/aromatic N) is 2. The fourth-order valence-electron chi connectivity index (χ4n) is 3.80. The van der Waals surface area contributed by atoms with Gasteiger partial charge in [0.15, 0.2) is 0 Å². The Hall–Kier alpha value is -2.03. The minimum absolute atomic E-state index is 0.103. The minimum atomic E-state index is -3.11. The van der Waals surface area contributed by atoms with Crippen molar-refractivity contribution in [2.75, 3.05) is 0 Å². The van der Waals surface area contributed by atoms with E-state index in [9.17, 15) is 18.0 Å². The summed E-state index contributed by atoms with van der Waals surface area (Å²) in [6, 6.07) is 5.11. The van der Waals surface area contributed by atoms with Crippen LogP contribution >= 0.6 is 0 Å². The van der Waals surface area contributed by atoms with Gasteiger partial charge in [-0.1, -0.05) is 0 Å². The van der Waals surface area contributed by atoms with E-state index in [-0.39, 0.29) is 18.0 Å². The third-order valence-corrected chi connectivity index (χ3v) is 5.26. The SMILES string of the molecule is CC(F)(F)C1(C)C[C@@H]2CCC(c3cc(F)cc(C#N)c3)N2C1=O. The topological polar surface area (TPSA) is 44.1 Å². The summed E-state index contributed by atoms with van der Waals surface area (Å²) in [5.41, 5.74) is -1.05. The summed E-state index contributed by atoms with van der Waals surface area (Å²) in [7, 11) is 0. The number of carbonyl (C=O) groups is 1. The number of hydrogen-bond donors (Lipinski definition) is 0. The normalized spacial score (nSPS) is 30.4. The van der Waals surface area contributed by atoms with Crippen molar-refractivity contribution < 1.29 is 18.0 Å². The van der Waals surface area contributed by atoms with Crippen molar-refractivity contribution in [3.05, 3.63) is 35.1 Å². The maximum absolute atomic E-state index is 13.9. The van der Waals surface area contributed by atoms with Crippen LogP contribution in [0.15, 0.2) is 18.2 Å². The molecule has 6 heteroatoms. The highest BCUT2D eigenvalue weighted by Gasteiger charge is 2.62. The summed E-state index contributed by atoms with van der Waals surface area (Å²) in [6.45, 7) is 2.08. The second kappa shape index (κ2) is 4.98. The third kappa shape index (κ3) is 2.30. The lowest BCUT2D eigenvalue weighted by Crippen LogP contribution is -2.44. The molecule has 23 heavy (non-hydrogen) atoms. The number of rotatable bonds is 2. The van der Waals surface area contributed by atoms with Crippen molar-refractivity contribution in [3.8, 4) is 6.07 Å². The number of halogens is 3. The predicted octanol–water partition coefficient (Wildman–Crippen LogP) is 3.79. The first-order valence-corrected chi connectivity index (χ1v) is 7.58. The minimum Gasteiger partial charge on any atom is -0.332 e. The molecule has 0 bridgehead atoms. The lowest BCUT2D eigenvalue weighted by Gasteiger charge is -2.31. The van der Waals surface area contributed by atoms with Crippen LogP contribution in [0.4, 0.5) is 13.2 Å². The van der Waals surface area contributed by atoms with E-state index in [1.54, 1.807) is 0 Å². The first-order chi connectivity index (χ1) is 10.7. The zero-order valence-electron chi connectivity index (χ0n) is 12.9. The van der Waals surface area contributed by atoms with Gasteiger partial charge in [0.25, 0.3) is 5.92 Å². The van der Waals surface area contributed by atoms with Gasteiger partial charge in [0.1, 0.15) is 11.2 Å². The zero-order chi connectivity index (χ0) is 17.0. The fourth-order valence-corrected chi connectivity index (χ4v) is 3.80. The van der Waals surface area contributed by atoms with Crippen molar-refractivity contribution in [2.24, 2.45) is 5.41 Å². The van der Waals surface area contributed by atoms with E-state index in [2.05, 4.69) is 0 Å². The molecule has 1 aromatic rings.